The minimum atomic E-state index is -0.229. The molecule has 1 heterocycles. The van der Waals surface area contributed by atoms with E-state index in [1.165, 1.54) is 12.8 Å². The number of likely N-dealkylation sites (tertiary alicyclic amines) is 1. The van der Waals surface area contributed by atoms with E-state index in [0.29, 0.717) is 6.04 Å². The standard InChI is InChI=1S/C13H25NO2/c1-2-3-8-13(16)11-14-9-4-6-12(14)7-5-10-15/h2,12-13,15-16H,1,3-11H2. The van der Waals surface area contributed by atoms with Crippen molar-refractivity contribution < 1.29 is 10.2 Å². The Hall–Kier alpha value is -0.380. The molecule has 3 nitrogen and oxygen atoms in total. The van der Waals surface area contributed by atoms with Crippen molar-refractivity contribution in [2.45, 2.75) is 50.7 Å². The zero-order chi connectivity index (χ0) is 11.8. The van der Waals surface area contributed by atoms with Crippen molar-refractivity contribution in [3.8, 4) is 0 Å². The highest BCUT2D eigenvalue weighted by molar-refractivity contribution is 4.81. The highest BCUT2D eigenvalue weighted by Gasteiger charge is 2.25. The Morgan fingerprint density at radius 1 is 1.50 bits per heavy atom. The minimum Gasteiger partial charge on any atom is -0.396 e. The van der Waals surface area contributed by atoms with Gasteiger partial charge < -0.3 is 10.2 Å². The Labute approximate surface area is 98.8 Å². The summed E-state index contributed by atoms with van der Waals surface area (Å²) < 4.78 is 0. The third-order valence-corrected chi connectivity index (χ3v) is 3.34. The van der Waals surface area contributed by atoms with Crippen LogP contribution in [0.1, 0.15) is 38.5 Å². The Balaban J connectivity index is 2.25. The molecule has 0 aliphatic carbocycles. The second kappa shape index (κ2) is 7.82. The van der Waals surface area contributed by atoms with Gasteiger partial charge in [0.05, 0.1) is 6.10 Å². The van der Waals surface area contributed by atoms with Crippen molar-refractivity contribution in [2.24, 2.45) is 0 Å². The summed E-state index contributed by atoms with van der Waals surface area (Å²) in [4.78, 5) is 2.38. The van der Waals surface area contributed by atoms with Crippen LogP contribution in [0.4, 0.5) is 0 Å². The number of aliphatic hydroxyl groups excluding tert-OH is 2. The van der Waals surface area contributed by atoms with Crippen LogP contribution in [0.25, 0.3) is 0 Å². The fraction of sp³-hybridized carbons (Fsp3) is 0.846. The Morgan fingerprint density at radius 3 is 3.00 bits per heavy atom. The van der Waals surface area contributed by atoms with Crippen LogP contribution in [0.2, 0.25) is 0 Å². The van der Waals surface area contributed by atoms with E-state index in [9.17, 15) is 5.11 Å². The van der Waals surface area contributed by atoms with Gasteiger partial charge >= 0.3 is 0 Å². The molecule has 0 aromatic heterocycles. The molecule has 1 saturated heterocycles. The average molecular weight is 227 g/mol. The van der Waals surface area contributed by atoms with Crippen molar-refractivity contribution in [3.63, 3.8) is 0 Å². The van der Waals surface area contributed by atoms with Gasteiger partial charge in [-0.2, -0.15) is 0 Å². The molecule has 0 spiro atoms. The van der Waals surface area contributed by atoms with Gasteiger partial charge in [0.25, 0.3) is 0 Å². The second-order valence-corrected chi connectivity index (χ2v) is 4.68. The molecule has 0 bridgehead atoms. The lowest BCUT2D eigenvalue weighted by atomic mass is 10.1. The lowest BCUT2D eigenvalue weighted by Crippen LogP contribution is -2.36. The molecule has 1 aliphatic rings. The summed E-state index contributed by atoms with van der Waals surface area (Å²) >= 11 is 0. The van der Waals surface area contributed by atoms with E-state index >= 15 is 0 Å². The zero-order valence-corrected chi connectivity index (χ0v) is 10.1. The Morgan fingerprint density at radius 2 is 2.31 bits per heavy atom. The number of hydrogen-bond acceptors (Lipinski definition) is 3. The van der Waals surface area contributed by atoms with E-state index in [2.05, 4.69) is 11.5 Å². The van der Waals surface area contributed by atoms with Gasteiger partial charge in [0.2, 0.25) is 0 Å². The van der Waals surface area contributed by atoms with Crippen molar-refractivity contribution in [1.29, 1.82) is 0 Å². The summed E-state index contributed by atoms with van der Waals surface area (Å²) in [7, 11) is 0. The molecule has 2 atom stereocenters. The molecular weight excluding hydrogens is 202 g/mol. The first-order valence-corrected chi connectivity index (χ1v) is 6.41. The van der Waals surface area contributed by atoms with Crippen LogP contribution in [-0.2, 0) is 0 Å². The lowest BCUT2D eigenvalue weighted by Gasteiger charge is -2.26. The third kappa shape index (κ3) is 4.64. The van der Waals surface area contributed by atoms with E-state index in [1.807, 2.05) is 6.08 Å². The number of rotatable bonds is 8. The lowest BCUT2D eigenvalue weighted by molar-refractivity contribution is 0.0956. The van der Waals surface area contributed by atoms with Gasteiger partial charge in [-0.3, -0.25) is 4.90 Å². The maximum Gasteiger partial charge on any atom is 0.0670 e. The van der Waals surface area contributed by atoms with Crippen LogP contribution in [-0.4, -0.2) is 47.0 Å². The monoisotopic (exact) mass is 227 g/mol. The van der Waals surface area contributed by atoms with Crippen LogP contribution < -0.4 is 0 Å². The normalized spacial score (nSPS) is 23.5. The molecule has 1 aliphatic heterocycles. The number of aliphatic hydroxyl groups is 2. The first-order valence-electron chi connectivity index (χ1n) is 6.41. The fourth-order valence-electron chi connectivity index (χ4n) is 2.46. The fourth-order valence-corrected chi connectivity index (χ4v) is 2.46. The molecule has 0 aromatic rings. The molecule has 0 saturated carbocycles. The van der Waals surface area contributed by atoms with E-state index in [1.54, 1.807) is 0 Å². The molecule has 2 unspecified atom stereocenters. The van der Waals surface area contributed by atoms with E-state index in [0.717, 1.165) is 38.8 Å². The highest BCUT2D eigenvalue weighted by atomic mass is 16.3. The Kier molecular flexibility index (Phi) is 6.69. The summed E-state index contributed by atoms with van der Waals surface area (Å²) in [5, 5.41) is 18.7. The first-order chi connectivity index (χ1) is 7.77. The number of hydrogen-bond donors (Lipinski definition) is 2. The third-order valence-electron chi connectivity index (χ3n) is 3.34. The zero-order valence-electron chi connectivity index (χ0n) is 10.1. The smallest absolute Gasteiger partial charge is 0.0670 e. The summed E-state index contributed by atoms with van der Waals surface area (Å²) in [6.07, 6.45) is 7.71. The topological polar surface area (TPSA) is 43.7 Å². The SMILES string of the molecule is C=CCCC(O)CN1CCCC1CCCO. The average Bonchev–Trinajstić information content (AvgIpc) is 2.71. The quantitative estimate of drug-likeness (QED) is 0.618. The minimum absolute atomic E-state index is 0.229. The van der Waals surface area contributed by atoms with Crippen LogP contribution in [0, 0.1) is 0 Å². The van der Waals surface area contributed by atoms with Gasteiger partial charge in [0.15, 0.2) is 0 Å². The van der Waals surface area contributed by atoms with Gasteiger partial charge in [0, 0.05) is 19.2 Å². The molecule has 94 valence electrons. The van der Waals surface area contributed by atoms with Crippen molar-refractivity contribution in [2.75, 3.05) is 19.7 Å². The largest absolute Gasteiger partial charge is 0.396 e. The molecule has 16 heavy (non-hydrogen) atoms. The van der Waals surface area contributed by atoms with Crippen molar-refractivity contribution >= 4 is 0 Å². The van der Waals surface area contributed by atoms with E-state index in [-0.39, 0.29) is 12.7 Å². The van der Waals surface area contributed by atoms with E-state index < -0.39 is 0 Å². The van der Waals surface area contributed by atoms with Crippen LogP contribution in [0.15, 0.2) is 12.7 Å². The maximum absolute atomic E-state index is 9.85. The summed E-state index contributed by atoms with van der Waals surface area (Å²) in [6.45, 7) is 5.83. The highest BCUT2D eigenvalue weighted by Crippen LogP contribution is 2.21. The predicted octanol–water partition coefficient (Wildman–Crippen LogP) is 1.55. The molecule has 1 rings (SSSR count). The molecule has 1 fully saturated rings. The van der Waals surface area contributed by atoms with Crippen molar-refractivity contribution in [1.82, 2.24) is 4.90 Å². The molecule has 0 amide bonds. The summed E-state index contributed by atoms with van der Waals surface area (Å²) in [6, 6.07) is 0.575. The van der Waals surface area contributed by atoms with Crippen LogP contribution >= 0.6 is 0 Å². The van der Waals surface area contributed by atoms with Crippen LogP contribution in [0.5, 0.6) is 0 Å². The van der Waals surface area contributed by atoms with Gasteiger partial charge in [0.1, 0.15) is 0 Å². The molecule has 0 radical (unpaired) electrons. The van der Waals surface area contributed by atoms with Gasteiger partial charge in [-0.05, 0) is 45.1 Å². The first kappa shape index (κ1) is 13.7. The number of allylic oxidation sites excluding steroid dienone is 1. The van der Waals surface area contributed by atoms with Gasteiger partial charge in [-0.1, -0.05) is 6.08 Å². The number of nitrogens with zero attached hydrogens (tertiary/aromatic N) is 1. The molecule has 0 aromatic carbocycles. The second-order valence-electron chi connectivity index (χ2n) is 4.68. The molecule has 3 heteroatoms. The number of β-amino-alcohol motifs (C(OH)–C–C–N with tert-alkyl or cyclic N) is 1. The van der Waals surface area contributed by atoms with E-state index in [4.69, 9.17) is 5.11 Å². The van der Waals surface area contributed by atoms with Crippen molar-refractivity contribution in [3.05, 3.63) is 12.7 Å². The summed E-state index contributed by atoms with van der Waals surface area (Å²) in [5.41, 5.74) is 0. The van der Waals surface area contributed by atoms with Gasteiger partial charge in [-0.15, -0.1) is 6.58 Å². The maximum atomic E-state index is 9.85. The van der Waals surface area contributed by atoms with Crippen LogP contribution in [0.3, 0.4) is 0 Å². The molecular formula is C13H25NO2. The predicted molar refractivity (Wildman–Crippen MR) is 66.4 cm³/mol. The molecule has 2 N–H and O–H groups in total. The van der Waals surface area contributed by atoms with Gasteiger partial charge in [-0.25, -0.2) is 0 Å². The Bertz CT molecular complexity index is 196. The summed E-state index contributed by atoms with van der Waals surface area (Å²) in [5.74, 6) is 0.